The summed E-state index contributed by atoms with van der Waals surface area (Å²) in [5.74, 6) is -0.988. The molecular formula is C22H26N2O9. The Bertz CT molecular complexity index is 834. The zero-order chi connectivity index (χ0) is 22.9. The minimum absolute atomic E-state index is 0.117. The van der Waals surface area contributed by atoms with E-state index in [1.807, 2.05) is 24.3 Å². The van der Waals surface area contributed by atoms with Crippen LogP contribution in [0.1, 0.15) is 24.0 Å². The lowest BCUT2D eigenvalue weighted by atomic mass is 9.99. The van der Waals surface area contributed by atoms with Gasteiger partial charge in [-0.05, 0) is 6.07 Å². The highest BCUT2D eigenvalue weighted by molar-refractivity contribution is 6.08. The summed E-state index contributed by atoms with van der Waals surface area (Å²) in [6.45, 7) is 2.24. The predicted molar refractivity (Wildman–Crippen MR) is 113 cm³/mol. The number of benzene rings is 1. The van der Waals surface area contributed by atoms with E-state index in [0.717, 1.165) is 11.1 Å². The van der Waals surface area contributed by atoms with Crippen molar-refractivity contribution in [1.82, 2.24) is 0 Å². The zero-order valence-electron chi connectivity index (χ0n) is 18.1. The number of oxime groups is 2. The Balaban J connectivity index is 1.38. The molecule has 0 fully saturated rings. The fourth-order valence-corrected chi connectivity index (χ4v) is 3.36. The number of esters is 2. The largest absolute Gasteiger partial charge is 0.460 e. The van der Waals surface area contributed by atoms with E-state index in [0.29, 0.717) is 37.9 Å². The minimum Gasteiger partial charge on any atom is -0.460 e. The van der Waals surface area contributed by atoms with Gasteiger partial charge >= 0.3 is 11.9 Å². The van der Waals surface area contributed by atoms with Crippen LogP contribution in [0, 0.1) is 0 Å². The maximum atomic E-state index is 12.2. The molecule has 3 heterocycles. The Morgan fingerprint density at radius 1 is 0.636 bits per heavy atom. The summed E-state index contributed by atoms with van der Waals surface area (Å²) in [7, 11) is 0. The van der Waals surface area contributed by atoms with E-state index in [9.17, 15) is 9.59 Å². The van der Waals surface area contributed by atoms with Gasteiger partial charge in [0.15, 0.2) is 0 Å². The highest BCUT2D eigenvalue weighted by Crippen LogP contribution is 2.22. The third-order valence-electron chi connectivity index (χ3n) is 5.08. The highest BCUT2D eigenvalue weighted by atomic mass is 16.7. The highest BCUT2D eigenvalue weighted by Gasteiger charge is 2.32. The van der Waals surface area contributed by atoms with Gasteiger partial charge in [-0.1, -0.05) is 28.5 Å². The second-order valence-electron chi connectivity index (χ2n) is 7.43. The van der Waals surface area contributed by atoms with Gasteiger partial charge in [0.1, 0.15) is 13.2 Å². The van der Waals surface area contributed by atoms with Crippen molar-refractivity contribution < 1.29 is 42.9 Å². The minimum atomic E-state index is -0.802. The summed E-state index contributed by atoms with van der Waals surface area (Å²) in [6, 6.07) is 7.44. The molecule has 1 aromatic carbocycles. The van der Waals surface area contributed by atoms with Crippen molar-refractivity contribution in [2.45, 2.75) is 25.0 Å². The summed E-state index contributed by atoms with van der Waals surface area (Å²) in [5, 5.41) is 8.10. The van der Waals surface area contributed by atoms with Gasteiger partial charge in [-0.3, -0.25) is 0 Å². The first-order valence-corrected chi connectivity index (χ1v) is 10.8. The molecule has 0 unspecified atom stereocenters. The molecule has 0 aliphatic carbocycles. The van der Waals surface area contributed by atoms with E-state index in [-0.39, 0.29) is 39.3 Å². The van der Waals surface area contributed by atoms with Crippen LogP contribution in [0.3, 0.4) is 0 Å². The number of rotatable bonds is 0. The topological polar surface area (TPSA) is 123 Å². The lowest BCUT2D eigenvalue weighted by molar-refractivity contribution is -0.157. The quantitative estimate of drug-likeness (QED) is 0.516. The molecule has 6 bridgehead atoms. The van der Waals surface area contributed by atoms with E-state index >= 15 is 0 Å². The average molecular weight is 462 g/mol. The molecule has 0 radical (unpaired) electrons. The summed E-state index contributed by atoms with van der Waals surface area (Å²) < 4.78 is 26.6. The Morgan fingerprint density at radius 2 is 1.06 bits per heavy atom. The number of hydrogen-bond acceptors (Lipinski definition) is 11. The number of ether oxygens (including phenoxy) is 5. The Labute approximate surface area is 190 Å². The zero-order valence-corrected chi connectivity index (χ0v) is 18.1. The number of nitrogens with zero attached hydrogens (tertiary/aromatic N) is 2. The molecule has 0 N–H and O–H groups in total. The van der Waals surface area contributed by atoms with Crippen LogP contribution >= 0.6 is 0 Å². The molecule has 0 saturated carbocycles. The van der Waals surface area contributed by atoms with Crippen LogP contribution in [0.2, 0.25) is 0 Å². The van der Waals surface area contributed by atoms with Gasteiger partial charge in [0.25, 0.3) is 0 Å². The van der Waals surface area contributed by atoms with E-state index in [4.69, 9.17) is 33.4 Å². The van der Waals surface area contributed by atoms with Crippen molar-refractivity contribution in [3.05, 3.63) is 35.4 Å². The van der Waals surface area contributed by atoms with E-state index < -0.39 is 24.1 Å². The van der Waals surface area contributed by atoms with Crippen LogP contribution in [0.4, 0.5) is 0 Å². The molecule has 0 aromatic heterocycles. The van der Waals surface area contributed by atoms with Crippen LogP contribution in [-0.4, -0.2) is 88.4 Å². The Morgan fingerprint density at radius 3 is 1.52 bits per heavy atom. The van der Waals surface area contributed by atoms with Crippen LogP contribution in [-0.2, 0) is 42.9 Å². The van der Waals surface area contributed by atoms with Gasteiger partial charge in [-0.15, -0.1) is 0 Å². The lowest BCUT2D eigenvalue weighted by Gasteiger charge is -2.10. The van der Waals surface area contributed by atoms with Crippen molar-refractivity contribution in [3.63, 3.8) is 0 Å². The summed E-state index contributed by atoms with van der Waals surface area (Å²) in [5.41, 5.74) is 2.81. The SMILES string of the molecule is O=C1OCCOCCOCCOCCOC(=O)[C@H]2CC(=NO2)c2cccc(c2)C2=NO[C@H]1C2. The summed E-state index contributed by atoms with van der Waals surface area (Å²) in [4.78, 5) is 35.0. The maximum Gasteiger partial charge on any atom is 0.350 e. The number of hydrogen-bond donors (Lipinski definition) is 0. The fraction of sp³-hybridized carbons (Fsp3) is 0.545. The lowest BCUT2D eigenvalue weighted by Crippen LogP contribution is -2.25. The summed E-state index contributed by atoms with van der Waals surface area (Å²) >= 11 is 0. The van der Waals surface area contributed by atoms with Crippen molar-refractivity contribution in [3.8, 4) is 0 Å². The van der Waals surface area contributed by atoms with Crippen molar-refractivity contribution in [2.75, 3.05) is 52.9 Å². The third-order valence-corrected chi connectivity index (χ3v) is 5.08. The molecule has 0 amide bonds. The first kappa shape index (κ1) is 23.1. The van der Waals surface area contributed by atoms with Gasteiger partial charge < -0.3 is 33.4 Å². The Kier molecular flexibility index (Phi) is 8.23. The molecule has 11 nitrogen and oxygen atoms in total. The monoisotopic (exact) mass is 462 g/mol. The van der Waals surface area contributed by atoms with Crippen LogP contribution in [0.25, 0.3) is 0 Å². The molecule has 178 valence electrons. The number of carbonyl (C=O) groups is 2. The first-order chi connectivity index (χ1) is 16.2. The first-order valence-electron chi connectivity index (χ1n) is 10.8. The van der Waals surface area contributed by atoms with Crippen molar-refractivity contribution in [2.24, 2.45) is 10.3 Å². The molecule has 1 aromatic rings. The molecule has 0 saturated heterocycles. The molecule has 2 atom stereocenters. The van der Waals surface area contributed by atoms with Gasteiger partial charge in [-0.2, -0.15) is 0 Å². The smallest absolute Gasteiger partial charge is 0.350 e. The average Bonchev–Trinajstić information content (AvgIpc) is 3.52. The van der Waals surface area contributed by atoms with Crippen molar-refractivity contribution >= 4 is 23.4 Å². The molecule has 3 aliphatic heterocycles. The van der Waals surface area contributed by atoms with Crippen molar-refractivity contribution in [1.29, 1.82) is 0 Å². The predicted octanol–water partition coefficient (Wildman–Crippen LogP) is 0.822. The standard InChI is InChI=1S/C22H26N2O9/c25-21-19-13-17(23-32-19)15-2-1-3-16(12-15)18-14-20(33-24-18)22(26)31-11-9-29-7-5-27-4-6-28-8-10-30-21/h1-3,12,19-20H,4-11,13-14H2/t19-,20+. The third kappa shape index (κ3) is 6.50. The van der Waals surface area contributed by atoms with E-state index in [2.05, 4.69) is 10.3 Å². The summed E-state index contributed by atoms with van der Waals surface area (Å²) in [6.07, 6.45) is -1.03. The Hall–Kier alpha value is -3.02. The van der Waals surface area contributed by atoms with Crippen LogP contribution in [0.5, 0.6) is 0 Å². The second-order valence-corrected chi connectivity index (χ2v) is 7.43. The van der Waals surface area contributed by atoms with Gasteiger partial charge in [0.2, 0.25) is 12.2 Å². The maximum absolute atomic E-state index is 12.2. The second kappa shape index (κ2) is 11.7. The van der Waals surface area contributed by atoms with Crippen LogP contribution in [0.15, 0.2) is 34.6 Å². The molecule has 11 heteroatoms. The molecule has 3 aliphatic rings. The normalized spacial score (nSPS) is 25.5. The molecule has 0 spiro atoms. The molecule has 4 rings (SSSR count). The molecular weight excluding hydrogens is 436 g/mol. The number of cyclic esters (lactones) is 2. The number of carbonyl (C=O) groups excluding carboxylic acids is 2. The van der Waals surface area contributed by atoms with E-state index in [1.165, 1.54) is 0 Å². The van der Waals surface area contributed by atoms with Gasteiger partial charge in [0.05, 0.1) is 51.1 Å². The molecule has 33 heavy (non-hydrogen) atoms. The van der Waals surface area contributed by atoms with Gasteiger partial charge in [0, 0.05) is 24.0 Å². The number of fused-ring (bicyclic) bond motifs is 8. The fourth-order valence-electron chi connectivity index (χ4n) is 3.36. The van der Waals surface area contributed by atoms with Gasteiger partial charge in [-0.25, -0.2) is 9.59 Å². The van der Waals surface area contributed by atoms with E-state index in [1.54, 1.807) is 0 Å². The van der Waals surface area contributed by atoms with Crippen LogP contribution < -0.4 is 0 Å².